The molecule has 4 heteroatoms. The largest absolute Gasteiger partial charge is 0.339 e. The second-order valence-corrected chi connectivity index (χ2v) is 4.04. The van der Waals surface area contributed by atoms with E-state index < -0.39 is 0 Å². The van der Waals surface area contributed by atoms with E-state index in [2.05, 4.69) is 4.98 Å². The molecular weight excluding hydrogens is 231 g/mol. The highest BCUT2D eigenvalue weighted by Crippen LogP contribution is 2.16. The first-order valence-corrected chi connectivity index (χ1v) is 6.00. The van der Waals surface area contributed by atoms with Crippen molar-refractivity contribution in [3.05, 3.63) is 41.8 Å². The topological polar surface area (TPSA) is 33.2 Å². The van der Waals surface area contributed by atoms with E-state index in [9.17, 15) is 9.18 Å². The van der Waals surface area contributed by atoms with Crippen molar-refractivity contribution in [2.75, 3.05) is 13.1 Å². The molecule has 0 bridgehead atoms. The minimum Gasteiger partial charge on any atom is -0.339 e. The molecule has 94 valence electrons. The van der Waals surface area contributed by atoms with Gasteiger partial charge in [0, 0.05) is 24.7 Å². The summed E-state index contributed by atoms with van der Waals surface area (Å²) < 4.78 is 13.1. The maximum absolute atomic E-state index is 13.1. The zero-order valence-electron chi connectivity index (χ0n) is 10.5. The van der Waals surface area contributed by atoms with Crippen LogP contribution in [0.15, 0.2) is 30.5 Å². The predicted octanol–water partition coefficient (Wildman–Crippen LogP) is 2.86. The van der Waals surface area contributed by atoms with E-state index in [0.29, 0.717) is 29.6 Å². The first-order chi connectivity index (χ1) is 8.65. The van der Waals surface area contributed by atoms with Gasteiger partial charge in [-0.05, 0) is 38.1 Å². The lowest BCUT2D eigenvalue weighted by Crippen LogP contribution is -2.30. The van der Waals surface area contributed by atoms with E-state index in [1.807, 2.05) is 13.8 Å². The first kappa shape index (κ1) is 12.5. The third-order valence-electron chi connectivity index (χ3n) is 2.94. The molecule has 0 radical (unpaired) electrons. The Balaban J connectivity index is 2.43. The van der Waals surface area contributed by atoms with E-state index in [-0.39, 0.29) is 11.7 Å². The Morgan fingerprint density at radius 3 is 2.67 bits per heavy atom. The van der Waals surface area contributed by atoms with Gasteiger partial charge in [0.2, 0.25) is 0 Å². The van der Waals surface area contributed by atoms with E-state index in [0.717, 1.165) is 0 Å². The molecule has 0 atom stereocenters. The van der Waals surface area contributed by atoms with Crippen LogP contribution in [0.1, 0.15) is 24.2 Å². The second-order valence-electron chi connectivity index (χ2n) is 4.04. The monoisotopic (exact) mass is 246 g/mol. The zero-order valence-corrected chi connectivity index (χ0v) is 10.5. The van der Waals surface area contributed by atoms with Crippen LogP contribution in [0, 0.1) is 5.82 Å². The summed E-state index contributed by atoms with van der Waals surface area (Å²) in [6.45, 7) is 5.15. The molecule has 0 fully saturated rings. The van der Waals surface area contributed by atoms with Crippen LogP contribution in [0.2, 0.25) is 0 Å². The number of benzene rings is 1. The Labute approximate surface area is 105 Å². The first-order valence-electron chi connectivity index (χ1n) is 6.00. The van der Waals surface area contributed by atoms with Crippen LogP contribution >= 0.6 is 0 Å². The fourth-order valence-corrected chi connectivity index (χ4v) is 1.91. The number of rotatable bonds is 3. The van der Waals surface area contributed by atoms with Gasteiger partial charge in [0.25, 0.3) is 5.91 Å². The molecule has 1 aromatic carbocycles. The van der Waals surface area contributed by atoms with Gasteiger partial charge in [-0.2, -0.15) is 0 Å². The van der Waals surface area contributed by atoms with E-state index >= 15 is 0 Å². The lowest BCUT2D eigenvalue weighted by atomic mass is 10.1. The summed E-state index contributed by atoms with van der Waals surface area (Å²) in [6.07, 6.45) is 1.54. The lowest BCUT2D eigenvalue weighted by Gasteiger charge is -2.18. The van der Waals surface area contributed by atoms with Gasteiger partial charge in [-0.25, -0.2) is 4.39 Å². The number of hydrogen-bond donors (Lipinski definition) is 0. The molecule has 0 saturated heterocycles. The van der Waals surface area contributed by atoms with E-state index in [1.54, 1.807) is 23.2 Å². The minimum absolute atomic E-state index is 0.0707. The summed E-state index contributed by atoms with van der Waals surface area (Å²) >= 11 is 0. The molecule has 2 aromatic rings. The summed E-state index contributed by atoms with van der Waals surface area (Å²) in [6, 6.07) is 6.05. The summed E-state index contributed by atoms with van der Waals surface area (Å²) in [7, 11) is 0. The molecule has 3 nitrogen and oxygen atoms in total. The van der Waals surface area contributed by atoms with Crippen molar-refractivity contribution in [2.45, 2.75) is 13.8 Å². The molecule has 0 saturated carbocycles. The third kappa shape index (κ3) is 2.32. The van der Waals surface area contributed by atoms with Crippen molar-refractivity contribution in [3.63, 3.8) is 0 Å². The van der Waals surface area contributed by atoms with Crippen LogP contribution < -0.4 is 0 Å². The second kappa shape index (κ2) is 5.12. The summed E-state index contributed by atoms with van der Waals surface area (Å²) in [5, 5.41) is 0.646. The number of nitrogens with zero attached hydrogens (tertiary/aromatic N) is 2. The Morgan fingerprint density at radius 2 is 2.00 bits per heavy atom. The fourth-order valence-electron chi connectivity index (χ4n) is 1.91. The van der Waals surface area contributed by atoms with Gasteiger partial charge in [-0.3, -0.25) is 9.78 Å². The van der Waals surface area contributed by atoms with Gasteiger partial charge < -0.3 is 4.90 Å². The van der Waals surface area contributed by atoms with Crippen molar-refractivity contribution in [1.82, 2.24) is 9.88 Å². The number of carbonyl (C=O) groups is 1. The molecular formula is C14H15FN2O. The van der Waals surface area contributed by atoms with Gasteiger partial charge >= 0.3 is 0 Å². The molecule has 0 spiro atoms. The van der Waals surface area contributed by atoms with Gasteiger partial charge in [0.15, 0.2) is 0 Å². The van der Waals surface area contributed by atoms with Crippen LogP contribution in [0.25, 0.3) is 10.9 Å². The maximum atomic E-state index is 13.1. The SMILES string of the molecule is CCN(CC)C(=O)c1cnc2ccc(F)cc2c1. The molecule has 0 N–H and O–H groups in total. The molecule has 0 aliphatic heterocycles. The number of pyridine rings is 1. The molecule has 0 aliphatic carbocycles. The van der Waals surface area contributed by atoms with Crippen LogP contribution in [0.4, 0.5) is 4.39 Å². The number of aromatic nitrogens is 1. The van der Waals surface area contributed by atoms with Gasteiger partial charge in [0.1, 0.15) is 5.82 Å². The van der Waals surface area contributed by atoms with Crippen LogP contribution in [-0.4, -0.2) is 28.9 Å². The number of halogens is 1. The maximum Gasteiger partial charge on any atom is 0.255 e. The minimum atomic E-state index is -0.322. The molecule has 18 heavy (non-hydrogen) atoms. The molecule has 2 rings (SSSR count). The van der Waals surface area contributed by atoms with Crippen molar-refractivity contribution >= 4 is 16.8 Å². The smallest absolute Gasteiger partial charge is 0.255 e. The molecule has 1 aromatic heterocycles. The highest BCUT2D eigenvalue weighted by molar-refractivity contribution is 5.97. The van der Waals surface area contributed by atoms with Crippen molar-refractivity contribution in [2.24, 2.45) is 0 Å². The summed E-state index contributed by atoms with van der Waals surface area (Å²) in [4.78, 5) is 18.0. The van der Waals surface area contributed by atoms with Gasteiger partial charge in [-0.1, -0.05) is 0 Å². The molecule has 0 unspecified atom stereocenters. The highest BCUT2D eigenvalue weighted by atomic mass is 19.1. The normalized spacial score (nSPS) is 10.6. The zero-order chi connectivity index (χ0) is 13.1. The van der Waals surface area contributed by atoms with Crippen molar-refractivity contribution in [1.29, 1.82) is 0 Å². The van der Waals surface area contributed by atoms with Crippen LogP contribution in [-0.2, 0) is 0 Å². The number of carbonyl (C=O) groups excluding carboxylic acids is 1. The van der Waals surface area contributed by atoms with E-state index in [1.165, 1.54) is 12.1 Å². The van der Waals surface area contributed by atoms with Crippen LogP contribution in [0.3, 0.4) is 0 Å². The Bertz CT molecular complexity index is 579. The van der Waals surface area contributed by atoms with E-state index in [4.69, 9.17) is 0 Å². The quantitative estimate of drug-likeness (QED) is 0.834. The fraction of sp³-hybridized carbons (Fsp3) is 0.286. The standard InChI is InChI=1S/C14H15FN2O/c1-3-17(4-2)14(18)11-7-10-8-12(15)5-6-13(10)16-9-11/h5-9H,3-4H2,1-2H3. The molecule has 1 amide bonds. The Hall–Kier alpha value is -1.97. The molecule has 1 heterocycles. The average molecular weight is 246 g/mol. The number of amides is 1. The van der Waals surface area contributed by atoms with Gasteiger partial charge in [0.05, 0.1) is 11.1 Å². The Morgan fingerprint density at radius 1 is 1.28 bits per heavy atom. The molecule has 0 aliphatic rings. The summed E-state index contributed by atoms with van der Waals surface area (Å²) in [5.41, 5.74) is 1.18. The number of fused-ring (bicyclic) bond motifs is 1. The summed E-state index contributed by atoms with van der Waals surface area (Å²) in [5.74, 6) is -0.393. The lowest BCUT2D eigenvalue weighted by molar-refractivity contribution is 0.0773. The Kier molecular flexibility index (Phi) is 3.55. The predicted molar refractivity (Wildman–Crippen MR) is 69.0 cm³/mol. The third-order valence-corrected chi connectivity index (χ3v) is 2.94. The van der Waals surface area contributed by atoms with Crippen molar-refractivity contribution < 1.29 is 9.18 Å². The highest BCUT2D eigenvalue weighted by Gasteiger charge is 2.13. The van der Waals surface area contributed by atoms with Crippen molar-refractivity contribution in [3.8, 4) is 0 Å². The number of hydrogen-bond acceptors (Lipinski definition) is 2. The van der Waals surface area contributed by atoms with Gasteiger partial charge in [-0.15, -0.1) is 0 Å². The average Bonchev–Trinajstić information content (AvgIpc) is 2.39. The van der Waals surface area contributed by atoms with Crippen LogP contribution in [0.5, 0.6) is 0 Å².